The number of hydrogen-bond acceptors (Lipinski definition) is 4. The van der Waals surface area contributed by atoms with Gasteiger partial charge in [0.1, 0.15) is 0 Å². The van der Waals surface area contributed by atoms with E-state index in [0.717, 1.165) is 17.2 Å². The number of nitrogens with zero attached hydrogens (tertiary/aromatic N) is 1. The van der Waals surface area contributed by atoms with Crippen LogP contribution >= 0.6 is 11.8 Å². The Bertz CT molecular complexity index is 645. The van der Waals surface area contributed by atoms with E-state index in [-0.39, 0.29) is 5.76 Å². The number of para-hydroxylation sites is 1. The van der Waals surface area contributed by atoms with Crippen LogP contribution in [-0.4, -0.2) is 16.1 Å². The molecule has 3 rings (SSSR count). The third-order valence-corrected chi connectivity index (χ3v) is 3.48. The van der Waals surface area contributed by atoms with Crippen LogP contribution < -0.4 is 0 Å². The highest BCUT2D eigenvalue weighted by molar-refractivity contribution is 8.13. The summed E-state index contributed by atoms with van der Waals surface area (Å²) in [6, 6.07) is 11.0. The van der Waals surface area contributed by atoms with Gasteiger partial charge in [-0.3, -0.25) is 0 Å². The van der Waals surface area contributed by atoms with Crippen molar-refractivity contribution in [1.82, 2.24) is 0 Å². The van der Waals surface area contributed by atoms with Gasteiger partial charge in [-0.2, -0.15) is 0 Å². The first kappa shape index (κ1) is 11.1. The summed E-state index contributed by atoms with van der Waals surface area (Å²) in [7, 11) is 0. The molecule has 0 amide bonds. The molecule has 0 atom stereocenters. The molecule has 2 aromatic rings. The molecule has 5 heteroatoms. The Morgan fingerprint density at radius 1 is 1.28 bits per heavy atom. The van der Waals surface area contributed by atoms with E-state index in [1.54, 1.807) is 6.07 Å². The van der Waals surface area contributed by atoms with Gasteiger partial charge >= 0.3 is 5.97 Å². The predicted molar refractivity (Wildman–Crippen MR) is 68.8 cm³/mol. The number of fused-ring (bicyclic) bond motifs is 1. The zero-order valence-corrected chi connectivity index (χ0v) is 10.1. The predicted octanol–water partition coefficient (Wildman–Crippen LogP) is 3.36. The third kappa shape index (κ3) is 2.04. The molecule has 0 unspecified atom stereocenters. The van der Waals surface area contributed by atoms with Gasteiger partial charge in [0, 0.05) is 6.42 Å². The highest BCUT2D eigenvalue weighted by Gasteiger charge is 2.17. The van der Waals surface area contributed by atoms with Gasteiger partial charge in [0.05, 0.1) is 10.7 Å². The normalized spacial score (nSPS) is 13.2. The lowest BCUT2D eigenvalue weighted by Crippen LogP contribution is -1.92. The lowest BCUT2D eigenvalue weighted by atomic mass is 10.2. The van der Waals surface area contributed by atoms with Gasteiger partial charge in [-0.1, -0.05) is 18.2 Å². The van der Waals surface area contributed by atoms with Gasteiger partial charge in [-0.25, -0.2) is 9.79 Å². The Labute approximate surface area is 107 Å². The zero-order chi connectivity index (χ0) is 12.5. The monoisotopic (exact) mass is 259 g/mol. The molecular weight excluding hydrogens is 250 g/mol. The number of carboxylic acid groups (broad SMARTS) is 1. The molecule has 1 aliphatic heterocycles. The van der Waals surface area contributed by atoms with Crippen LogP contribution in [-0.2, 0) is 6.42 Å². The molecule has 0 fully saturated rings. The van der Waals surface area contributed by atoms with Crippen molar-refractivity contribution in [3.8, 4) is 0 Å². The summed E-state index contributed by atoms with van der Waals surface area (Å²) in [6.07, 6.45) is 0.768. The molecule has 1 aliphatic rings. The van der Waals surface area contributed by atoms with Gasteiger partial charge < -0.3 is 9.52 Å². The van der Waals surface area contributed by atoms with Gasteiger partial charge in [0.25, 0.3) is 0 Å². The minimum Gasteiger partial charge on any atom is -0.475 e. The van der Waals surface area contributed by atoms with E-state index in [1.807, 2.05) is 24.3 Å². The van der Waals surface area contributed by atoms with Crippen LogP contribution in [0, 0.1) is 0 Å². The fourth-order valence-electron chi connectivity index (χ4n) is 1.77. The van der Waals surface area contributed by atoms with Crippen molar-refractivity contribution in [2.45, 2.75) is 11.5 Å². The van der Waals surface area contributed by atoms with E-state index in [4.69, 9.17) is 9.52 Å². The van der Waals surface area contributed by atoms with Crippen LogP contribution in [0.15, 0.2) is 50.9 Å². The number of furan rings is 1. The largest absolute Gasteiger partial charge is 0.475 e. The Morgan fingerprint density at radius 2 is 2.11 bits per heavy atom. The van der Waals surface area contributed by atoms with Crippen LogP contribution in [0.1, 0.15) is 16.1 Å². The number of benzene rings is 1. The number of thioether (sulfide) groups is 1. The molecule has 90 valence electrons. The zero-order valence-electron chi connectivity index (χ0n) is 9.29. The molecular formula is C13H9NO3S. The number of aromatic carboxylic acids is 1. The molecule has 0 bridgehead atoms. The molecule has 2 heterocycles. The molecule has 4 nitrogen and oxygen atoms in total. The van der Waals surface area contributed by atoms with Crippen molar-refractivity contribution >= 4 is 28.5 Å². The molecule has 0 saturated carbocycles. The van der Waals surface area contributed by atoms with Crippen LogP contribution in [0.25, 0.3) is 0 Å². The minimum absolute atomic E-state index is 0.0476. The molecule has 1 aromatic carbocycles. The Balaban J connectivity index is 1.77. The van der Waals surface area contributed by atoms with Crippen molar-refractivity contribution in [2.24, 2.45) is 4.99 Å². The summed E-state index contributed by atoms with van der Waals surface area (Å²) in [6.45, 7) is 0. The molecule has 0 saturated heterocycles. The van der Waals surface area contributed by atoms with Gasteiger partial charge in [-0.15, -0.1) is 0 Å². The van der Waals surface area contributed by atoms with Crippen molar-refractivity contribution in [2.75, 3.05) is 0 Å². The van der Waals surface area contributed by atoms with Crippen molar-refractivity contribution < 1.29 is 14.3 Å². The Hall–Kier alpha value is -2.01. The summed E-state index contributed by atoms with van der Waals surface area (Å²) in [5, 5.41) is 10.2. The van der Waals surface area contributed by atoms with E-state index in [9.17, 15) is 4.79 Å². The first-order chi connectivity index (χ1) is 8.72. The topological polar surface area (TPSA) is 62.8 Å². The maximum absolute atomic E-state index is 10.7. The third-order valence-electron chi connectivity index (χ3n) is 2.59. The molecule has 0 radical (unpaired) electrons. The number of aliphatic imine (C=N–C) groups is 1. The number of rotatable bonds is 2. The second-order valence-electron chi connectivity index (χ2n) is 3.84. The fraction of sp³-hybridized carbons (Fsp3) is 0.0769. The molecule has 18 heavy (non-hydrogen) atoms. The minimum atomic E-state index is -1.06. The summed E-state index contributed by atoms with van der Waals surface area (Å²) >= 11 is 1.37. The lowest BCUT2D eigenvalue weighted by molar-refractivity contribution is 0.0656. The Kier molecular flexibility index (Phi) is 2.68. The maximum Gasteiger partial charge on any atom is 0.371 e. The van der Waals surface area contributed by atoms with E-state index >= 15 is 0 Å². The van der Waals surface area contributed by atoms with Crippen LogP contribution in [0.4, 0.5) is 5.69 Å². The lowest BCUT2D eigenvalue weighted by Gasteiger charge is -1.95. The van der Waals surface area contributed by atoms with Crippen LogP contribution in [0.3, 0.4) is 0 Å². The highest BCUT2D eigenvalue weighted by atomic mass is 32.2. The smallest absolute Gasteiger partial charge is 0.371 e. The summed E-state index contributed by atoms with van der Waals surface area (Å²) < 4.78 is 5.19. The molecule has 1 N–H and O–H groups in total. The van der Waals surface area contributed by atoms with Crippen molar-refractivity contribution in [1.29, 1.82) is 0 Å². The van der Waals surface area contributed by atoms with Crippen LogP contribution in [0.5, 0.6) is 0 Å². The summed E-state index contributed by atoms with van der Waals surface area (Å²) in [4.78, 5) is 15.2. The second kappa shape index (κ2) is 4.34. The number of carbonyl (C=O) groups is 1. The van der Waals surface area contributed by atoms with E-state index in [0.29, 0.717) is 5.09 Å². The first-order valence-corrected chi connectivity index (χ1v) is 6.20. The average molecular weight is 259 g/mol. The summed E-state index contributed by atoms with van der Waals surface area (Å²) in [5.74, 6) is -1.10. The molecule has 0 spiro atoms. The molecule has 0 aliphatic carbocycles. The van der Waals surface area contributed by atoms with Crippen molar-refractivity contribution in [3.05, 3.63) is 47.7 Å². The standard InChI is InChI=1S/C13H9NO3S/c15-13(16)10-5-6-12(17-10)18-11-7-8-3-1-2-4-9(8)14-11/h1-6H,7H2,(H,15,16). The quantitative estimate of drug-likeness (QED) is 0.898. The average Bonchev–Trinajstić information content (AvgIpc) is 2.94. The summed E-state index contributed by atoms with van der Waals surface area (Å²) in [5.41, 5.74) is 2.16. The van der Waals surface area contributed by atoms with E-state index in [1.165, 1.54) is 23.4 Å². The second-order valence-corrected chi connectivity index (χ2v) is 4.91. The van der Waals surface area contributed by atoms with E-state index < -0.39 is 5.97 Å². The number of carboxylic acids is 1. The Morgan fingerprint density at radius 3 is 2.83 bits per heavy atom. The van der Waals surface area contributed by atoms with E-state index in [2.05, 4.69) is 4.99 Å². The first-order valence-electron chi connectivity index (χ1n) is 5.39. The van der Waals surface area contributed by atoms with Gasteiger partial charge in [0.2, 0.25) is 5.76 Å². The SMILES string of the molecule is O=C(O)c1ccc(SC2=Nc3ccccc3C2)o1. The fourth-order valence-corrected chi connectivity index (χ4v) is 2.64. The molecule has 1 aromatic heterocycles. The van der Waals surface area contributed by atoms with Gasteiger partial charge in [-0.05, 0) is 35.5 Å². The van der Waals surface area contributed by atoms with Gasteiger partial charge in [0.15, 0.2) is 5.09 Å². The maximum atomic E-state index is 10.7. The highest BCUT2D eigenvalue weighted by Crippen LogP contribution is 2.33. The van der Waals surface area contributed by atoms with Crippen molar-refractivity contribution in [3.63, 3.8) is 0 Å². The van der Waals surface area contributed by atoms with Crippen LogP contribution in [0.2, 0.25) is 0 Å². The number of hydrogen-bond donors (Lipinski definition) is 1.